The SMILES string of the molecule is CCC(O)c1noc(Cc2cccc(OC)c2)n1. The van der Waals surface area contributed by atoms with E-state index in [4.69, 9.17) is 9.26 Å². The summed E-state index contributed by atoms with van der Waals surface area (Å²) in [5.41, 5.74) is 1.02. The molecule has 1 heterocycles. The lowest BCUT2D eigenvalue weighted by Crippen LogP contribution is -1.98. The molecule has 0 spiro atoms. The van der Waals surface area contributed by atoms with E-state index in [1.807, 2.05) is 31.2 Å². The van der Waals surface area contributed by atoms with E-state index >= 15 is 0 Å². The van der Waals surface area contributed by atoms with Crippen molar-refractivity contribution in [3.8, 4) is 5.75 Å². The van der Waals surface area contributed by atoms with Crippen LogP contribution in [0.4, 0.5) is 0 Å². The van der Waals surface area contributed by atoms with Gasteiger partial charge in [0, 0.05) is 0 Å². The Morgan fingerprint density at radius 1 is 1.44 bits per heavy atom. The van der Waals surface area contributed by atoms with E-state index < -0.39 is 6.10 Å². The molecule has 2 rings (SSSR count). The second-order valence-corrected chi connectivity index (χ2v) is 4.00. The summed E-state index contributed by atoms with van der Waals surface area (Å²) in [6.45, 7) is 1.86. The van der Waals surface area contributed by atoms with Crippen LogP contribution in [0.2, 0.25) is 0 Å². The van der Waals surface area contributed by atoms with Gasteiger partial charge in [-0.2, -0.15) is 4.98 Å². The zero-order chi connectivity index (χ0) is 13.0. The predicted octanol–water partition coefficient (Wildman–Crippen LogP) is 2.11. The number of aromatic nitrogens is 2. The third-order valence-electron chi connectivity index (χ3n) is 2.66. The van der Waals surface area contributed by atoms with E-state index in [1.165, 1.54) is 0 Å². The van der Waals surface area contributed by atoms with Crippen LogP contribution in [0.15, 0.2) is 28.8 Å². The maximum absolute atomic E-state index is 9.59. The van der Waals surface area contributed by atoms with Crippen LogP contribution >= 0.6 is 0 Å². The third kappa shape index (κ3) is 2.87. The van der Waals surface area contributed by atoms with E-state index in [9.17, 15) is 5.11 Å². The molecule has 5 nitrogen and oxygen atoms in total. The van der Waals surface area contributed by atoms with Gasteiger partial charge in [-0.15, -0.1) is 0 Å². The summed E-state index contributed by atoms with van der Waals surface area (Å²) in [5.74, 6) is 1.63. The van der Waals surface area contributed by atoms with Crippen LogP contribution in [0.3, 0.4) is 0 Å². The van der Waals surface area contributed by atoms with Gasteiger partial charge in [-0.05, 0) is 24.1 Å². The zero-order valence-corrected chi connectivity index (χ0v) is 10.5. The summed E-state index contributed by atoms with van der Waals surface area (Å²) in [6, 6.07) is 7.67. The molecule has 0 amide bonds. The van der Waals surface area contributed by atoms with Crippen molar-refractivity contribution >= 4 is 0 Å². The largest absolute Gasteiger partial charge is 0.497 e. The number of hydrogen-bond acceptors (Lipinski definition) is 5. The van der Waals surface area contributed by atoms with E-state index in [0.29, 0.717) is 24.6 Å². The van der Waals surface area contributed by atoms with Crippen molar-refractivity contribution in [2.45, 2.75) is 25.9 Å². The van der Waals surface area contributed by atoms with Gasteiger partial charge in [-0.25, -0.2) is 0 Å². The Balaban J connectivity index is 2.11. The average Bonchev–Trinajstić information content (AvgIpc) is 2.86. The molecule has 1 aromatic heterocycles. The van der Waals surface area contributed by atoms with Crippen molar-refractivity contribution in [3.05, 3.63) is 41.5 Å². The minimum absolute atomic E-state index is 0.343. The molecule has 0 bridgehead atoms. The molecule has 5 heteroatoms. The predicted molar refractivity (Wildman–Crippen MR) is 65.3 cm³/mol. The Morgan fingerprint density at radius 2 is 2.28 bits per heavy atom. The fourth-order valence-electron chi connectivity index (χ4n) is 1.61. The number of aliphatic hydroxyl groups is 1. The van der Waals surface area contributed by atoms with Crippen molar-refractivity contribution in [1.82, 2.24) is 10.1 Å². The molecule has 0 saturated heterocycles. The van der Waals surface area contributed by atoms with Gasteiger partial charge in [-0.3, -0.25) is 0 Å². The Labute approximate surface area is 105 Å². The van der Waals surface area contributed by atoms with Crippen LogP contribution in [-0.2, 0) is 6.42 Å². The number of methoxy groups -OCH3 is 1. The Bertz CT molecular complexity index is 510. The lowest BCUT2D eigenvalue weighted by Gasteiger charge is -2.01. The van der Waals surface area contributed by atoms with Crippen molar-refractivity contribution in [2.24, 2.45) is 0 Å². The molecule has 0 fully saturated rings. The summed E-state index contributed by atoms with van der Waals surface area (Å²) in [6.07, 6.45) is 0.437. The van der Waals surface area contributed by atoms with Gasteiger partial charge in [0.05, 0.1) is 13.5 Å². The van der Waals surface area contributed by atoms with Crippen LogP contribution < -0.4 is 4.74 Å². The van der Waals surface area contributed by atoms with Gasteiger partial charge in [0.15, 0.2) is 5.82 Å². The number of aliphatic hydroxyl groups excluding tert-OH is 1. The third-order valence-corrected chi connectivity index (χ3v) is 2.66. The number of hydrogen-bond donors (Lipinski definition) is 1. The summed E-state index contributed by atoms with van der Waals surface area (Å²) >= 11 is 0. The standard InChI is InChI=1S/C13H16N2O3/c1-3-11(16)13-14-12(18-15-13)8-9-5-4-6-10(7-9)17-2/h4-7,11,16H,3,8H2,1-2H3. The molecular weight excluding hydrogens is 232 g/mol. The molecule has 0 radical (unpaired) electrons. The molecule has 1 unspecified atom stereocenters. The first-order valence-corrected chi connectivity index (χ1v) is 5.86. The van der Waals surface area contributed by atoms with Gasteiger partial charge in [0.25, 0.3) is 0 Å². The fraction of sp³-hybridized carbons (Fsp3) is 0.385. The second-order valence-electron chi connectivity index (χ2n) is 4.00. The quantitative estimate of drug-likeness (QED) is 0.877. The highest BCUT2D eigenvalue weighted by Gasteiger charge is 2.13. The summed E-state index contributed by atoms with van der Waals surface area (Å²) < 4.78 is 10.2. The molecule has 0 aliphatic carbocycles. The highest BCUT2D eigenvalue weighted by molar-refractivity contribution is 5.29. The molecule has 1 aromatic carbocycles. The highest BCUT2D eigenvalue weighted by Crippen LogP contribution is 2.17. The van der Waals surface area contributed by atoms with Crippen LogP contribution in [0.5, 0.6) is 5.75 Å². The first kappa shape index (κ1) is 12.6. The molecule has 1 atom stereocenters. The molecule has 1 N–H and O–H groups in total. The van der Waals surface area contributed by atoms with Crippen molar-refractivity contribution in [1.29, 1.82) is 0 Å². The summed E-state index contributed by atoms with van der Waals surface area (Å²) in [5, 5.41) is 13.3. The topological polar surface area (TPSA) is 68.4 Å². The Kier molecular flexibility index (Phi) is 3.94. The Hall–Kier alpha value is -1.88. The van der Waals surface area contributed by atoms with Gasteiger partial charge >= 0.3 is 0 Å². The lowest BCUT2D eigenvalue weighted by molar-refractivity contribution is 0.159. The molecule has 0 saturated carbocycles. The average molecular weight is 248 g/mol. The Morgan fingerprint density at radius 3 is 3.00 bits per heavy atom. The van der Waals surface area contributed by atoms with Crippen LogP contribution in [0.25, 0.3) is 0 Å². The van der Waals surface area contributed by atoms with Gasteiger partial charge in [0.2, 0.25) is 5.89 Å². The molecule has 0 aliphatic heterocycles. The summed E-state index contributed by atoms with van der Waals surface area (Å²) in [4.78, 5) is 4.16. The normalized spacial score (nSPS) is 12.4. The van der Waals surface area contributed by atoms with Crippen LogP contribution in [0, 0.1) is 0 Å². The lowest BCUT2D eigenvalue weighted by atomic mass is 10.1. The number of ether oxygens (including phenoxy) is 1. The minimum atomic E-state index is -0.659. The fourth-order valence-corrected chi connectivity index (χ4v) is 1.61. The molecule has 18 heavy (non-hydrogen) atoms. The number of rotatable bonds is 5. The van der Waals surface area contributed by atoms with Gasteiger partial charge in [-0.1, -0.05) is 24.2 Å². The first-order chi connectivity index (χ1) is 8.72. The first-order valence-electron chi connectivity index (χ1n) is 5.86. The maximum atomic E-state index is 9.59. The summed E-state index contributed by atoms with van der Waals surface area (Å²) in [7, 11) is 1.63. The minimum Gasteiger partial charge on any atom is -0.497 e. The van der Waals surface area contributed by atoms with Crippen molar-refractivity contribution in [3.63, 3.8) is 0 Å². The molecule has 0 aliphatic rings. The zero-order valence-electron chi connectivity index (χ0n) is 10.5. The molecule has 96 valence electrons. The van der Waals surface area contributed by atoms with Crippen molar-refractivity contribution in [2.75, 3.05) is 7.11 Å². The second kappa shape index (κ2) is 5.64. The highest BCUT2D eigenvalue weighted by atomic mass is 16.5. The number of nitrogens with zero attached hydrogens (tertiary/aromatic N) is 2. The van der Waals surface area contributed by atoms with E-state index in [0.717, 1.165) is 11.3 Å². The van der Waals surface area contributed by atoms with Gasteiger partial charge in [0.1, 0.15) is 11.9 Å². The van der Waals surface area contributed by atoms with E-state index in [2.05, 4.69) is 10.1 Å². The van der Waals surface area contributed by atoms with Crippen molar-refractivity contribution < 1.29 is 14.4 Å². The maximum Gasteiger partial charge on any atom is 0.231 e. The van der Waals surface area contributed by atoms with Crippen LogP contribution in [-0.4, -0.2) is 22.4 Å². The number of benzene rings is 1. The van der Waals surface area contributed by atoms with Crippen LogP contribution in [0.1, 0.15) is 36.7 Å². The monoisotopic (exact) mass is 248 g/mol. The van der Waals surface area contributed by atoms with Gasteiger partial charge < -0.3 is 14.4 Å². The van der Waals surface area contributed by atoms with E-state index in [1.54, 1.807) is 7.11 Å². The van der Waals surface area contributed by atoms with E-state index in [-0.39, 0.29) is 0 Å². The smallest absolute Gasteiger partial charge is 0.231 e. The molecule has 2 aromatic rings. The molecular formula is C13H16N2O3.